The summed E-state index contributed by atoms with van der Waals surface area (Å²) in [6, 6.07) is 70.7. The van der Waals surface area contributed by atoms with Crippen molar-refractivity contribution < 1.29 is 25.6 Å². The molecule has 3 aliphatic carbocycles. The molecule has 0 aliphatic heterocycles. The fourth-order valence-electron chi connectivity index (χ4n) is 12.7. The second-order valence-electron chi connectivity index (χ2n) is 20.1. The first-order valence-electron chi connectivity index (χ1n) is 24.2. The van der Waals surface area contributed by atoms with Crippen molar-refractivity contribution in [3.63, 3.8) is 0 Å². The molecule has 342 valence electrons. The van der Waals surface area contributed by atoms with Gasteiger partial charge in [0.1, 0.15) is 5.54 Å². The number of rotatable bonds is 6. The zero-order valence-corrected chi connectivity index (χ0v) is 42.8. The maximum absolute atomic E-state index is 5.25. The number of pyridine rings is 1. The van der Waals surface area contributed by atoms with Gasteiger partial charge in [0.15, 0.2) is 0 Å². The molecular formula is C66H51N3Pt-2. The van der Waals surface area contributed by atoms with E-state index in [4.69, 9.17) is 4.98 Å². The molecule has 0 spiro atoms. The zero-order valence-electron chi connectivity index (χ0n) is 40.5. The van der Waals surface area contributed by atoms with Crippen LogP contribution in [-0.4, -0.2) is 9.55 Å². The first kappa shape index (κ1) is 44.0. The monoisotopic (exact) mass is 1080 g/mol. The molecule has 0 bridgehead atoms. The molecule has 0 saturated carbocycles. The molecule has 0 amide bonds. The molecule has 0 atom stereocenters. The Morgan fingerprint density at radius 2 is 0.786 bits per heavy atom. The van der Waals surface area contributed by atoms with E-state index in [1.807, 2.05) is 16.8 Å². The van der Waals surface area contributed by atoms with Gasteiger partial charge < -0.3 is 9.13 Å². The van der Waals surface area contributed by atoms with E-state index in [-0.39, 0.29) is 21.1 Å². The molecule has 4 heteroatoms. The average molecular weight is 1080 g/mol. The average Bonchev–Trinajstić information content (AvgIpc) is 4.08. The summed E-state index contributed by atoms with van der Waals surface area (Å²) >= 11 is 0. The van der Waals surface area contributed by atoms with Gasteiger partial charge in [-0.1, -0.05) is 149 Å². The third kappa shape index (κ3) is 5.91. The Labute approximate surface area is 426 Å². The van der Waals surface area contributed by atoms with Crippen LogP contribution in [0.3, 0.4) is 0 Å². The molecule has 0 N–H and O–H groups in total. The van der Waals surface area contributed by atoms with Crippen molar-refractivity contribution in [2.45, 2.75) is 57.9 Å². The predicted molar refractivity (Wildman–Crippen MR) is 277 cm³/mol. The van der Waals surface area contributed by atoms with Crippen LogP contribution >= 0.6 is 0 Å². The minimum Gasteiger partial charge on any atom is -0.354 e. The summed E-state index contributed by atoms with van der Waals surface area (Å²) in [5.74, 6) is 0. The van der Waals surface area contributed by atoms with Crippen LogP contribution in [0.5, 0.6) is 0 Å². The zero-order chi connectivity index (χ0) is 47.0. The van der Waals surface area contributed by atoms with Crippen molar-refractivity contribution in [2.75, 3.05) is 0 Å². The van der Waals surface area contributed by atoms with Crippen LogP contribution in [0.4, 0.5) is 0 Å². The molecule has 2 heterocycles. The van der Waals surface area contributed by atoms with Gasteiger partial charge in [-0.3, -0.25) is 4.98 Å². The van der Waals surface area contributed by atoms with E-state index in [1.165, 1.54) is 100 Å². The fourth-order valence-corrected chi connectivity index (χ4v) is 12.7. The summed E-state index contributed by atoms with van der Waals surface area (Å²) in [4.78, 5) is 5.25. The second kappa shape index (κ2) is 15.9. The van der Waals surface area contributed by atoms with Crippen LogP contribution < -0.4 is 4.57 Å². The van der Waals surface area contributed by atoms with Crippen molar-refractivity contribution in [1.82, 2.24) is 9.55 Å². The first-order valence-corrected chi connectivity index (χ1v) is 24.2. The number of fused-ring (bicyclic) bond motifs is 9. The van der Waals surface area contributed by atoms with Crippen LogP contribution in [0, 0.1) is 60.0 Å². The van der Waals surface area contributed by atoms with E-state index < -0.39 is 16.4 Å². The Morgan fingerprint density at radius 3 is 1.19 bits per heavy atom. The van der Waals surface area contributed by atoms with Gasteiger partial charge in [-0.05, 0) is 122 Å². The molecule has 2 aromatic heterocycles. The van der Waals surface area contributed by atoms with Gasteiger partial charge in [-0.25, -0.2) is 0 Å². The topological polar surface area (TPSA) is 21.7 Å². The summed E-state index contributed by atoms with van der Waals surface area (Å²) in [7, 11) is 2.06. The summed E-state index contributed by atoms with van der Waals surface area (Å²) < 4.78 is 4.32. The maximum Gasteiger partial charge on any atom is 0.204 e. The number of benzene rings is 8. The molecule has 0 radical (unpaired) electrons. The normalized spacial score (nSPS) is 14.7. The van der Waals surface area contributed by atoms with Gasteiger partial charge >= 0.3 is 0 Å². The van der Waals surface area contributed by atoms with E-state index in [9.17, 15) is 0 Å². The first-order chi connectivity index (χ1) is 33.5. The number of aromatic nitrogens is 3. The molecule has 0 saturated heterocycles. The van der Waals surface area contributed by atoms with Crippen molar-refractivity contribution >= 4 is 0 Å². The Hall–Kier alpha value is -7.19. The largest absolute Gasteiger partial charge is 0.354 e. The van der Waals surface area contributed by atoms with Crippen molar-refractivity contribution in [3.8, 4) is 33.4 Å². The van der Waals surface area contributed by atoms with Crippen molar-refractivity contribution in [3.05, 3.63) is 296 Å². The van der Waals surface area contributed by atoms with E-state index in [0.29, 0.717) is 0 Å². The molecule has 0 unspecified atom stereocenters. The van der Waals surface area contributed by atoms with Gasteiger partial charge in [0, 0.05) is 43.8 Å². The summed E-state index contributed by atoms with van der Waals surface area (Å²) in [6.07, 6.45) is 9.94. The van der Waals surface area contributed by atoms with Gasteiger partial charge in [-0.2, -0.15) is 48.5 Å². The Morgan fingerprint density at radius 1 is 0.414 bits per heavy atom. The minimum absolute atomic E-state index is 0. The van der Waals surface area contributed by atoms with Crippen LogP contribution in [0.2, 0.25) is 0 Å². The standard InChI is InChI=1S/C66H51N3.Pt/c1-41-17-23-57-51(32-41)52-33-42(2)18-24-58(52)64(57,47-12-10-14-49(38-47)65(63-16-8-9-29-67-63)59-25-19-43(3)34-53(59)54-35-44(4)20-26-60(54)65)48-13-11-15-50(39-48)66(69-31-30-68(7)40-69)61-27-21-45(5)36-55(61)56-37-46(6)22-28-62(56)66;/h8-37H,1-7H3;/q-2;. The van der Waals surface area contributed by atoms with E-state index in [0.717, 1.165) is 27.9 Å². The quantitative estimate of drug-likeness (QED) is 0.120. The van der Waals surface area contributed by atoms with E-state index >= 15 is 0 Å². The number of hydrogen-bond donors (Lipinski definition) is 0. The minimum atomic E-state index is -0.814. The summed E-state index contributed by atoms with van der Waals surface area (Å²) in [5.41, 5.74) is 25.1. The van der Waals surface area contributed by atoms with Crippen LogP contribution in [0.1, 0.15) is 94.7 Å². The SMILES string of the molecule is Cc1ccc2c(c1)-c1cc(C)ccc1C2(c1[c-]c(C2(c3ccccn3)c3ccc(C)cc3-c3cc(C)ccc32)ccc1)c1[c-]c(C2(n3[c-][n+](C)cc3)c3ccc(C)cc3-c3cc(C)ccc32)ccc1.[Pt]. The Balaban J connectivity index is 0.00000505. The summed E-state index contributed by atoms with van der Waals surface area (Å²) in [5, 5.41) is 0. The third-order valence-corrected chi connectivity index (χ3v) is 15.6. The maximum atomic E-state index is 5.25. The molecule has 70 heavy (non-hydrogen) atoms. The van der Waals surface area contributed by atoms with Crippen LogP contribution in [0.15, 0.2) is 182 Å². The van der Waals surface area contributed by atoms with Crippen molar-refractivity contribution in [2.24, 2.45) is 7.05 Å². The van der Waals surface area contributed by atoms with Crippen LogP contribution in [0.25, 0.3) is 33.4 Å². The fraction of sp³-hybridized carbons (Fsp3) is 0.152. The Bertz CT molecular complexity index is 3630. The van der Waals surface area contributed by atoms with Gasteiger partial charge in [0.25, 0.3) is 0 Å². The predicted octanol–water partition coefficient (Wildman–Crippen LogP) is 13.5. The van der Waals surface area contributed by atoms with Gasteiger partial charge in [0.2, 0.25) is 6.33 Å². The van der Waals surface area contributed by atoms with Crippen LogP contribution in [-0.2, 0) is 44.5 Å². The molecule has 3 nitrogen and oxygen atoms in total. The molecule has 8 aromatic carbocycles. The molecule has 10 aromatic rings. The number of imidazole rings is 1. The van der Waals surface area contributed by atoms with E-state index in [1.54, 1.807) is 0 Å². The number of nitrogens with zero attached hydrogens (tertiary/aromatic N) is 3. The molecule has 13 rings (SSSR count). The number of aryl methyl sites for hydroxylation is 7. The van der Waals surface area contributed by atoms with Gasteiger partial charge in [0.05, 0.1) is 18.2 Å². The third-order valence-electron chi connectivity index (χ3n) is 15.6. The van der Waals surface area contributed by atoms with Gasteiger partial charge in [-0.15, -0.1) is 22.3 Å². The molecule has 3 aliphatic rings. The Kier molecular flexibility index (Phi) is 10.0. The molecular weight excluding hydrogens is 1030 g/mol. The smallest absolute Gasteiger partial charge is 0.204 e. The number of hydrogen-bond acceptors (Lipinski definition) is 1. The second-order valence-corrected chi connectivity index (χ2v) is 20.1. The molecule has 0 fully saturated rings. The summed E-state index contributed by atoms with van der Waals surface area (Å²) in [6.45, 7) is 13.2. The van der Waals surface area contributed by atoms with Crippen molar-refractivity contribution in [1.29, 1.82) is 0 Å². The van der Waals surface area contributed by atoms with E-state index in [2.05, 4.69) is 242 Å².